The van der Waals surface area contributed by atoms with Gasteiger partial charge in [0.15, 0.2) is 0 Å². The Morgan fingerprint density at radius 3 is 2.91 bits per heavy atom. The molecule has 0 fully saturated rings. The lowest BCUT2D eigenvalue weighted by atomic mass is 10.0. The van der Waals surface area contributed by atoms with Gasteiger partial charge in [0.05, 0.1) is 12.2 Å². The molecule has 1 aromatic rings. The average molecular weight is 150 g/mol. The minimum atomic E-state index is -0.685. The third-order valence-electron chi connectivity index (χ3n) is 1.57. The average Bonchev–Trinajstić information content (AvgIpc) is 2.53. The molecule has 0 aliphatic heterocycles. The number of aliphatic hydroxyl groups excluding tert-OH is 1. The summed E-state index contributed by atoms with van der Waals surface area (Å²) in [4.78, 5) is 0. The maximum absolute atomic E-state index is 9.44. The van der Waals surface area contributed by atoms with Crippen molar-refractivity contribution in [2.24, 2.45) is 5.92 Å². The number of aliphatic hydroxyl groups is 1. The molecular weight excluding hydrogens is 140 g/mol. The van der Waals surface area contributed by atoms with Gasteiger partial charge in [-0.05, 0) is 19.1 Å². The highest BCUT2D eigenvalue weighted by atomic mass is 16.4. The fourth-order valence-electron chi connectivity index (χ4n) is 0.797. The lowest BCUT2D eigenvalue weighted by Gasteiger charge is -2.09. The Bertz CT molecular complexity index is 243. The van der Waals surface area contributed by atoms with Crippen LogP contribution in [0.25, 0.3) is 0 Å². The molecular formula is C9H10O2. The van der Waals surface area contributed by atoms with Crippen molar-refractivity contribution < 1.29 is 9.52 Å². The van der Waals surface area contributed by atoms with Crippen LogP contribution in [0.5, 0.6) is 0 Å². The second-order valence-corrected chi connectivity index (χ2v) is 2.42. The molecule has 0 bridgehead atoms. The third kappa shape index (κ3) is 1.63. The van der Waals surface area contributed by atoms with Crippen molar-refractivity contribution in [3.05, 3.63) is 24.2 Å². The van der Waals surface area contributed by atoms with Crippen molar-refractivity contribution in [2.45, 2.75) is 13.0 Å². The summed E-state index contributed by atoms with van der Waals surface area (Å²) in [5.74, 6) is 2.76. The molecule has 2 atom stereocenters. The quantitative estimate of drug-likeness (QED) is 0.649. The van der Waals surface area contributed by atoms with Crippen molar-refractivity contribution in [3.8, 4) is 12.3 Å². The van der Waals surface area contributed by atoms with Crippen molar-refractivity contribution >= 4 is 0 Å². The van der Waals surface area contributed by atoms with Crippen LogP contribution in [0.1, 0.15) is 18.8 Å². The highest BCUT2D eigenvalue weighted by Crippen LogP contribution is 2.20. The molecule has 1 aromatic heterocycles. The Morgan fingerprint density at radius 1 is 1.73 bits per heavy atom. The zero-order valence-electron chi connectivity index (χ0n) is 6.32. The van der Waals surface area contributed by atoms with Crippen LogP contribution in [0.4, 0.5) is 0 Å². The summed E-state index contributed by atoms with van der Waals surface area (Å²) in [6, 6.07) is 3.43. The van der Waals surface area contributed by atoms with E-state index in [1.54, 1.807) is 19.1 Å². The molecule has 1 rings (SSSR count). The maximum atomic E-state index is 9.44. The molecule has 0 saturated carbocycles. The molecule has 0 aliphatic carbocycles. The normalized spacial score (nSPS) is 15.4. The number of hydrogen-bond donors (Lipinski definition) is 1. The van der Waals surface area contributed by atoms with Crippen LogP contribution >= 0.6 is 0 Å². The van der Waals surface area contributed by atoms with Crippen LogP contribution in [0.3, 0.4) is 0 Å². The molecule has 2 heteroatoms. The summed E-state index contributed by atoms with van der Waals surface area (Å²) in [5, 5.41) is 9.44. The standard InChI is InChI=1S/C9H10O2/c1-3-7(2)9(10)8-5-4-6-11-8/h1,4-7,9-10H,2H3. The van der Waals surface area contributed by atoms with E-state index < -0.39 is 6.10 Å². The van der Waals surface area contributed by atoms with Gasteiger partial charge in [0, 0.05) is 0 Å². The van der Waals surface area contributed by atoms with E-state index in [1.165, 1.54) is 6.26 Å². The van der Waals surface area contributed by atoms with Gasteiger partial charge < -0.3 is 9.52 Å². The highest BCUT2D eigenvalue weighted by Gasteiger charge is 2.15. The van der Waals surface area contributed by atoms with Crippen LogP contribution in [-0.2, 0) is 0 Å². The summed E-state index contributed by atoms with van der Waals surface area (Å²) in [6.45, 7) is 1.77. The first-order valence-electron chi connectivity index (χ1n) is 3.43. The Morgan fingerprint density at radius 2 is 2.45 bits per heavy atom. The zero-order chi connectivity index (χ0) is 8.27. The summed E-state index contributed by atoms with van der Waals surface area (Å²) in [6.07, 6.45) is 5.96. The number of hydrogen-bond acceptors (Lipinski definition) is 2. The molecule has 58 valence electrons. The van der Waals surface area contributed by atoms with Gasteiger partial charge in [-0.15, -0.1) is 12.3 Å². The molecule has 0 saturated heterocycles. The van der Waals surface area contributed by atoms with Crippen molar-refractivity contribution in [1.29, 1.82) is 0 Å². The van der Waals surface area contributed by atoms with Gasteiger partial charge in [-0.1, -0.05) is 0 Å². The first kappa shape index (κ1) is 7.90. The minimum absolute atomic E-state index is 0.207. The molecule has 2 nitrogen and oxygen atoms in total. The molecule has 1 N–H and O–H groups in total. The first-order chi connectivity index (χ1) is 5.25. The lowest BCUT2D eigenvalue weighted by molar-refractivity contribution is 0.118. The summed E-state index contributed by atoms with van der Waals surface area (Å²) >= 11 is 0. The van der Waals surface area contributed by atoms with E-state index in [2.05, 4.69) is 5.92 Å². The van der Waals surface area contributed by atoms with E-state index in [0.717, 1.165) is 0 Å². The van der Waals surface area contributed by atoms with Gasteiger partial charge in [-0.3, -0.25) is 0 Å². The van der Waals surface area contributed by atoms with Crippen LogP contribution in [0.15, 0.2) is 22.8 Å². The molecule has 0 amide bonds. The Labute approximate surface area is 65.8 Å². The van der Waals surface area contributed by atoms with Gasteiger partial charge >= 0.3 is 0 Å². The SMILES string of the molecule is C#CC(C)C(O)c1ccco1. The van der Waals surface area contributed by atoms with Crippen LogP contribution in [-0.4, -0.2) is 5.11 Å². The summed E-state index contributed by atoms with van der Waals surface area (Å²) in [7, 11) is 0. The minimum Gasteiger partial charge on any atom is -0.467 e. The Hall–Kier alpha value is -1.20. The molecule has 0 spiro atoms. The fourth-order valence-corrected chi connectivity index (χ4v) is 0.797. The molecule has 11 heavy (non-hydrogen) atoms. The van der Waals surface area contributed by atoms with E-state index in [4.69, 9.17) is 10.8 Å². The fraction of sp³-hybridized carbons (Fsp3) is 0.333. The van der Waals surface area contributed by atoms with Gasteiger partial charge in [0.2, 0.25) is 0 Å². The lowest BCUT2D eigenvalue weighted by Crippen LogP contribution is -2.05. The van der Waals surface area contributed by atoms with E-state index in [1.807, 2.05) is 0 Å². The van der Waals surface area contributed by atoms with Gasteiger partial charge in [0.25, 0.3) is 0 Å². The van der Waals surface area contributed by atoms with Gasteiger partial charge in [-0.25, -0.2) is 0 Å². The monoisotopic (exact) mass is 150 g/mol. The first-order valence-corrected chi connectivity index (χ1v) is 3.43. The second kappa shape index (κ2) is 3.27. The van der Waals surface area contributed by atoms with Gasteiger partial charge in [0.1, 0.15) is 11.9 Å². The Kier molecular flexibility index (Phi) is 2.35. The predicted molar refractivity (Wildman–Crippen MR) is 41.7 cm³/mol. The van der Waals surface area contributed by atoms with Crippen LogP contribution < -0.4 is 0 Å². The summed E-state index contributed by atoms with van der Waals surface area (Å²) in [5.41, 5.74) is 0. The molecule has 0 aromatic carbocycles. The number of rotatable bonds is 2. The maximum Gasteiger partial charge on any atom is 0.133 e. The van der Waals surface area contributed by atoms with E-state index in [0.29, 0.717) is 5.76 Å². The van der Waals surface area contributed by atoms with Crippen LogP contribution in [0, 0.1) is 18.3 Å². The smallest absolute Gasteiger partial charge is 0.133 e. The van der Waals surface area contributed by atoms with Crippen molar-refractivity contribution in [1.82, 2.24) is 0 Å². The van der Waals surface area contributed by atoms with Crippen LogP contribution in [0.2, 0.25) is 0 Å². The molecule has 0 aliphatic rings. The Balaban J connectivity index is 2.71. The van der Waals surface area contributed by atoms with E-state index in [9.17, 15) is 5.11 Å². The van der Waals surface area contributed by atoms with Crippen molar-refractivity contribution in [2.75, 3.05) is 0 Å². The molecule has 1 heterocycles. The van der Waals surface area contributed by atoms with E-state index >= 15 is 0 Å². The molecule has 0 radical (unpaired) electrons. The predicted octanol–water partition coefficient (Wildman–Crippen LogP) is 1.58. The number of terminal acetylenes is 1. The molecule has 2 unspecified atom stereocenters. The van der Waals surface area contributed by atoms with Gasteiger partial charge in [-0.2, -0.15) is 0 Å². The highest BCUT2D eigenvalue weighted by molar-refractivity contribution is 5.07. The van der Waals surface area contributed by atoms with E-state index in [-0.39, 0.29) is 5.92 Å². The summed E-state index contributed by atoms with van der Waals surface area (Å²) < 4.78 is 4.97. The second-order valence-electron chi connectivity index (χ2n) is 2.42. The topological polar surface area (TPSA) is 33.4 Å². The third-order valence-corrected chi connectivity index (χ3v) is 1.57. The zero-order valence-corrected chi connectivity index (χ0v) is 6.32. The largest absolute Gasteiger partial charge is 0.467 e. The van der Waals surface area contributed by atoms with Crippen molar-refractivity contribution in [3.63, 3.8) is 0 Å². The number of furan rings is 1.